The van der Waals surface area contributed by atoms with Gasteiger partial charge in [-0.3, -0.25) is 9.59 Å². The van der Waals surface area contributed by atoms with E-state index < -0.39 is 5.54 Å². The summed E-state index contributed by atoms with van der Waals surface area (Å²) in [7, 11) is 0. The summed E-state index contributed by atoms with van der Waals surface area (Å²) in [5.74, 6) is 0.444. The van der Waals surface area contributed by atoms with Crippen LogP contribution in [0.4, 0.5) is 0 Å². The van der Waals surface area contributed by atoms with Crippen LogP contribution in [0.3, 0.4) is 0 Å². The molecule has 2 fully saturated rings. The Hall–Kier alpha value is -0.810. The van der Waals surface area contributed by atoms with Gasteiger partial charge in [-0.25, -0.2) is 0 Å². The van der Waals surface area contributed by atoms with Crippen LogP contribution >= 0.6 is 12.4 Å². The molecule has 0 aromatic carbocycles. The van der Waals surface area contributed by atoms with Crippen LogP contribution in [0.15, 0.2) is 0 Å². The molecule has 3 N–H and O–H groups in total. The first-order chi connectivity index (χ1) is 11.0. The van der Waals surface area contributed by atoms with Crippen LogP contribution in [-0.4, -0.2) is 41.4 Å². The van der Waals surface area contributed by atoms with E-state index >= 15 is 0 Å². The lowest BCUT2D eigenvalue weighted by molar-refractivity contribution is -0.137. The van der Waals surface area contributed by atoms with E-state index in [4.69, 9.17) is 5.73 Å². The topological polar surface area (TPSA) is 75.4 Å². The summed E-state index contributed by atoms with van der Waals surface area (Å²) in [4.78, 5) is 26.9. The highest BCUT2D eigenvalue weighted by atomic mass is 35.5. The fraction of sp³-hybridized carbons (Fsp3) is 0.889. The highest BCUT2D eigenvalue weighted by Crippen LogP contribution is 2.26. The zero-order valence-electron chi connectivity index (χ0n) is 15.2. The van der Waals surface area contributed by atoms with Gasteiger partial charge in [0.2, 0.25) is 11.8 Å². The molecule has 24 heavy (non-hydrogen) atoms. The number of carbonyl (C=O) groups excluding carboxylic acids is 2. The second kappa shape index (κ2) is 9.62. The summed E-state index contributed by atoms with van der Waals surface area (Å²) in [6.07, 6.45) is 8.36. The standard InChI is InChI=1S/C18H33N3O2.ClH/c1-3-14(4-2)16(22)21-12-8-15(9-13-21)20-17(23)18(19)10-6-5-7-11-18;/h14-15H,3-13,19H2,1-2H3,(H,20,23);1H. The Morgan fingerprint density at radius 3 is 2.17 bits per heavy atom. The Kier molecular flexibility index (Phi) is 8.51. The van der Waals surface area contributed by atoms with Gasteiger partial charge < -0.3 is 16.0 Å². The van der Waals surface area contributed by atoms with Gasteiger partial charge in [-0.2, -0.15) is 0 Å². The monoisotopic (exact) mass is 359 g/mol. The van der Waals surface area contributed by atoms with Gasteiger partial charge >= 0.3 is 0 Å². The summed E-state index contributed by atoms with van der Waals surface area (Å²) in [5.41, 5.74) is 5.63. The molecule has 2 rings (SSSR count). The Morgan fingerprint density at radius 1 is 1.12 bits per heavy atom. The minimum absolute atomic E-state index is 0. The van der Waals surface area contributed by atoms with Crippen molar-refractivity contribution in [3.05, 3.63) is 0 Å². The van der Waals surface area contributed by atoms with Crippen LogP contribution in [0.25, 0.3) is 0 Å². The third-order valence-corrected chi connectivity index (χ3v) is 5.67. The molecule has 2 amide bonds. The summed E-state index contributed by atoms with van der Waals surface area (Å²) < 4.78 is 0. The van der Waals surface area contributed by atoms with Crippen LogP contribution in [0.5, 0.6) is 0 Å². The molecule has 0 atom stereocenters. The van der Waals surface area contributed by atoms with Gasteiger partial charge in [-0.15, -0.1) is 12.4 Å². The lowest BCUT2D eigenvalue weighted by Crippen LogP contribution is -2.58. The van der Waals surface area contributed by atoms with E-state index in [1.165, 1.54) is 6.42 Å². The van der Waals surface area contributed by atoms with Crippen molar-refractivity contribution in [2.24, 2.45) is 11.7 Å². The van der Waals surface area contributed by atoms with Crippen LogP contribution in [0, 0.1) is 5.92 Å². The lowest BCUT2D eigenvalue weighted by atomic mass is 9.81. The van der Waals surface area contributed by atoms with Crippen LogP contribution in [0.2, 0.25) is 0 Å². The van der Waals surface area contributed by atoms with Crippen LogP contribution in [-0.2, 0) is 9.59 Å². The van der Waals surface area contributed by atoms with Crippen LogP contribution in [0.1, 0.15) is 71.6 Å². The summed E-state index contributed by atoms with van der Waals surface area (Å²) in [6.45, 7) is 5.64. The van der Waals surface area contributed by atoms with Gasteiger partial charge in [-0.1, -0.05) is 33.1 Å². The molecule has 1 saturated heterocycles. The second-order valence-electron chi connectivity index (χ2n) is 7.30. The normalized spacial score (nSPS) is 21.2. The number of nitrogens with zero attached hydrogens (tertiary/aromatic N) is 1. The third-order valence-electron chi connectivity index (χ3n) is 5.67. The van der Waals surface area contributed by atoms with Gasteiger partial charge in [0.1, 0.15) is 0 Å². The molecule has 0 unspecified atom stereocenters. The molecule has 1 aliphatic carbocycles. The molecule has 0 aromatic rings. The maximum absolute atomic E-state index is 12.5. The van der Waals surface area contributed by atoms with E-state index in [9.17, 15) is 9.59 Å². The van der Waals surface area contributed by atoms with Crippen LogP contribution < -0.4 is 11.1 Å². The quantitative estimate of drug-likeness (QED) is 0.792. The Bertz CT molecular complexity index is 412. The number of nitrogens with two attached hydrogens (primary N) is 1. The van der Waals surface area contributed by atoms with Crippen molar-refractivity contribution in [3.8, 4) is 0 Å². The van der Waals surface area contributed by atoms with Crippen molar-refractivity contribution in [2.75, 3.05) is 13.1 Å². The first kappa shape index (κ1) is 21.2. The average molecular weight is 360 g/mol. The first-order valence-electron chi connectivity index (χ1n) is 9.38. The fourth-order valence-corrected chi connectivity index (χ4v) is 3.88. The van der Waals surface area contributed by atoms with E-state index in [0.29, 0.717) is 0 Å². The Morgan fingerprint density at radius 2 is 1.67 bits per heavy atom. The Labute approximate surface area is 152 Å². The second-order valence-corrected chi connectivity index (χ2v) is 7.30. The predicted molar refractivity (Wildman–Crippen MR) is 99.1 cm³/mol. The van der Waals surface area contributed by atoms with Crippen molar-refractivity contribution in [2.45, 2.75) is 83.2 Å². The van der Waals surface area contributed by atoms with E-state index in [2.05, 4.69) is 19.2 Å². The molecule has 0 bridgehead atoms. The molecule has 0 aromatic heterocycles. The smallest absolute Gasteiger partial charge is 0.240 e. The molecule has 0 radical (unpaired) electrons. The van der Waals surface area contributed by atoms with Gasteiger partial charge in [-0.05, 0) is 38.5 Å². The van der Waals surface area contributed by atoms with E-state index in [0.717, 1.165) is 64.5 Å². The largest absolute Gasteiger partial charge is 0.352 e. The van der Waals surface area contributed by atoms with Gasteiger partial charge in [0, 0.05) is 25.0 Å². The number of rotatable bonds is 5. The van der Waals surface area contributed by atoms with Gasteiger partial charge in [0.25, 0.3) is 0 Å². The van der Waals surface area contributed by atoms with Gasteiger partial charge in [0.05, 0.1) is 5.54 Å². The van der Waals surface area contributed by atoms with Gasteiger partial charge in [0.15, 0.2) is 0 Å². The summed E-state index contributed by atoms with van der Waals surface area (Å²) in [5, 5.41) is 3.14. The van der Waals surface area contributed by atoms with Crippen molar-refractivity contribution in [3.63, 3.8) is 0 Å². The van der Waals surface area contributed by atoms with Crippen molar-refractivity contribution in [1.29, 1.82) is 0 Å². The van der Waals surface area contributed by atoms with E-state index in [1.54, 1.807) is 0 Å². The summed E-state index contributed by atoms with van der Waals surface area (Å²) in [6, 6.07) is 0.163. The number of carbonyl (C=O) groups is 2. The third kappa shape index (κ3) is 5.09. The highest BCUT2D eigenvalue weighted by Gasteiger charge is 2.37. The van der Waals surface area contributed by atoms with E-state index in [-0.39, 0.29) is 36.2 Å². The molecule has 1 heterocycles. The van der Waals surface area contributed by atoms with Crippen molar-refractivity contribution >= 4 is 24.2 Å². The zero-order valence-corrected chi connectivity index (χ0v) is 16.0. The Balaban J connectivity index is 0.00000288. The maximum atomic E-state index is 12.5. The summed E-state index contributed by atoms with van der Waals surface area (Å²) >= 11 is 0. The molecular formula is C18H34ClN3O2. The van der Waals surface area contributed by atoms with Crippen molar-refractivity contribution in [1.82, 2.24) is 10.2 Å². The molecule has 1 saturated carbocycles. The molecule has 5 nitrogen and oxygen atoms in total. The van der Waals surface area contributed by atoms with Crippen molar-refractivity contribution < 1.29 is 9.59 Å². The maximum Gasteiger partial charge on any atom is 0.240 e. The number of likely N-dealkylation sites (tertiary alicyclic amines) is 1. The molecule has 140 valence electrons. The number of piperidine rings is 1. The lowest BCUT2D eigenvalue weighted by Gasteiger charge is -2.37. The highest BCUT2D eigenvalue weighted by molar-refractivity contribution is 5.86. The number of hydrogen-bond acceptors (Lipinski definition) is 3. The zero-order chi connectivity index (χ0) is 16.9. The minimum atomic E-state index is -0.666. The number of nitrogens with one attached hydrogen (secondary N) is 1. The molecular weight excluding hydrogens is 326 g/mol. The first-order valence-corrected chi connectivity index (χ1v) is 9.38. The molecule has 2 aliphatic rings. The fourth-order valence-electron chi connectivity index (χ4n) is 3.88. The molecule has 0 spiro atoms. The van der Waals surface area contributed by atoms with E-state index in [1.807, 2.05) is 4.90 Å². The predicted octanol–water partition coefficient (Wildman–Crippen LogP) is 2.61. The molecule has 6 heteroatoms. The number of amides is 2. The number of halogens is 1. The minimum Gasteiger partial charge on any atom is -0.352 e. The molecule has 1 aliphatic heterocycles. The SMILES string of the molecule is CCC(CC)C(=O)N1CCC(NC(=O)C2(N)CCCCC2)CC1.Cl. The average Bonchev–Trinajstić information content (AvgIpc) is 2.57. The number of hydrogen-bond donors (Lipinski definition) is 2.